The molecule has 0 aliphatic heterocycles. The molecule has 0 saturated heterocycles. The van der Waals surface area contributed by atoms with Crippen LogP contribution in [0, 0.1) is 0 Å². The molecule has 0 radical (unpaired) electrons. The standard InChI is InChI=1S/C11H11Cl2NS/c12-3-4-15-7-8-6-14-11-2-1-9(13)5-10(8)11/h1-2,5-6,14H,3-4,7H2. The van der Waals surface area contributed by atoms with Gasteiger partial charge in [0.1, 0.15) is 0 Å². The van der Waals surface area contributed by atoms with E-state index >= 15 is 0 Å². The van der Waals surface area contributed by atoms with Gasteiger partial charge in [-0.2, -0.15) is 11.8 Å². The van der Waals surface area contributed by atoms with E-state index < -0.39 is 0 Å². The van der Waals surface area contributed by atoms with Gasteiger partial charge in [-0.1, -0.05) is 11.6 Å². The Morgan fingerprint density at radius 1 is 1.33 bits per heavy atom. The lowest BCUT2D eigenvalue weighted by molar-refractivity contribution is 1.39. The van der Waals surface area contributed by atoms with Crippen LogP contribution in [0.5, 0.6) is 0 Å². The predicted octanol–water partition coefficient (Wildman–Crippen LogP) is 4.29. The molecule has 0 bridgehead atoms. The molecule has 0 aliphatic rings. The number of aromatic nitrogens is 1. The van der Waals surface area contributed by atoms with Crippen LogP contribution in [-0.2, 0) is 5.75 Å². The van der Waals surface area contributed by atoms with Crippen LogP contribution >= 0.6 is 35.0 Å². The van der Waals surface area contributed by atoms with Crippen molar-refractivity contribution >= 4 is 45.9 Å². The summed E-state index contributed by atoms with van der Waals surface area (Å²) in [5, 5.41) is 2.00. The zero-order chi connectivity index (χ0) is 10.7. The molecule has 0 fully saturated rings. The summed E-state index contributed by atoms with van der Waals surface area (Å²) < 4.78 is 0. The second kappa shape index (κ2) is 5.15. The molecule has 15 heavy (non-hydrogen) atoms. The lowest BCUT2D eigenvalue weighted by atomic mass is 10.2. The molecule has 1 aromatic carbocycles. The minimum atomic E-state index is 0.702. The fourth-order valence-electron chi connectivity index (χ4n) is 1.51. The van der Waals surface area contributed by atoms with Crippen molar-refractivity contribution in [3.8, 4) is 0 Å². The van der Waals surface area contributed by atoms with Gasteiger partial charge in [-0.05, 0) is 23.8 Å². The number of benzene rings is 1. The molecule has 0 saturated carbocycles. The molecule has 1 heterocycles. The largest absolute Gasteiger partial charge is 0.361 e. The average molecular weight is 260 g/mol. The van der Waals surface area contributed by atoms with E-state index in [1.54, 1.807) is 0 Å². The first-order valence-corrected chi connectivity index (χ1v) is 6.77. The van der Waals surface area contributed by atoms with Gasteiger partial charge in [0.2, 0.25) is 0 Å². The summed E-state index contributed by atoms with van der Waals surface area (Å²) in [4.78, 5) is 3.24. The summed E-state index contributed by atoms with van der Waals surface area (Å²) in [5.41, 5.74) is 2.43. The fraction of sp³-hybridized carbons (Fsp3) is 0.273. The molecule has 0 amide bonds. The number of H-pyrrole nitrogens is 1. The van der Waals surface area contributed by atoms with Gasteiger partial charge in [0.25, 0.3) is 0 Å². The van der Waals surface area contributed by atoms with E-state index in [9.17, 15) is 0 Å². The maximum Gasteiger partial charge on any atom is 0.0458 e. The molecule has 1 N–H and O–H groups in total. The molecule has 4 heteroatoms. The van der Waals surface area contributed by atoms with Crippen molar-refractivity contribution in [2.24, 2.45) is 0 Å². The maximum atomic E-state index is 5.97. The number of aromatic amines is 1. The van der Waals surface area contributed by atoms with Crippen LogP contribution in [0.2, 0.25) is 5.02 Å². The molecule has 1 nitrogen and oxygen atoms in total. The highest BCUT2D eigenvalue weighted by Gasteiger charge is 2.03. The highest BCUT2D eigenvalue weighted by atomic mass is 35.5. The second-order valence-corrected chi connectivity index (χ2v) is 5.16. The van der Waals surface area contributed by atoms with Gasteiger partial charge in [0.05, 0.1) is 0 Å². The summed E-state index contributed by atoms with van der Waals surface area (Å²) in [7, 11) is 0. The molecule has 2 aromatic rings. The van der Waals surface area contributed by atoms with Gasteiger partial charge in [0.15, 0.2) is 0 Å². The van der Waals surface area contributed by atoms with Crippen LogP contribution < -0.4 is 0 Å². The van der Waals surface area contributed by atoms with E-state index in [1.807, 2.05) is 36.2 Å². The summed E-state index contributed by atoms with van der Waals surface area (Å²) in [6.07, 6.45) is 2.04. The number of hydrogen-bond acceptors (Lipinski definition) is 1. The average Bonchev–Trinajstić information content (AvgIpc) is 2.62. The summed E-state index contributed by atoms with van der Waals surface area (Å²) in [6, 6.07) is 5.91. The Morgan fingerprint density at radius 3 is 3.00 bits per heavy atom. The smallest absolute Gasteiger partial charge is 0.0458 e. The molecule has 0 atom stereocenters. The monoisotopic (exact) mass is 259 g/mol. The van der Waals surface area contributed by atoms with E-state index in [0.29, 0.717) is 5.88 Å². The number of halogens is 2. The van der Waals surface area contributed by atoms with E-state index in [1.165, 1.54) is 10.9 Å². The SMILES string of the molecule is ClCCSCc1c[nH]c2ccc(Cl)cc12. The Hall–Kier alpha value is -0.310. The third kappa shape index (κ3) is 2.63. The molecule has 0 unspecified atom stereocenters. The van der Waals surface area contributed by atoms with Crippen molar-refractivity contribution in [2.75, 3.05) is 11.6 Å². The van der Waals surface area contributed by atoms with Crippen LogP contribution in [0.1, 0.15) is 5.56 Å². The zero-order valence-electron chi connectivity index (χ0n) is 8.09. The molecule has 0 aliphatic carbocycles. The Bertz CT molecular complexity index is 453. The second-order valence-electron chi connectivity index (χ2n) is 3.25. The number of thioether (sulfide) groups is 1. The first-order chi connectivity index (χ1) is 7.31. The van der Waals surface area contributed by atoms with Crippen LogP contribution in [0.25, 0.3) is 10.9 Å². The Kier molecular flexibility index (Phi) is 3.84. The van der Waals surface area contributed by atoms with Crippen molar-refractivity contribution in [3.63, 3.8) is 0 Å². The summed E-state index contributed by atoms with van der Waals surface area (Å²) >= 11 is 13.4. The van der Waals surface area contributed by atoms with E-state index in [-0.39, 0.29) is 0 Å². The highest BCUT2D eigenvalue weighted by Crippen LogP contribution is 2.25. The lowest BCUT2D eigenvalue weighted by Gasteiger charge is -1.98. The molecule has 1 aromatic heterocycles. The topological polar surface area (TPSA) is 15.8 Å². The third-order valence-corrected chi connectivity index (χ3v) is 3.86. The number of rotatable bonds is 4. The molecule has 2 rings (SSSR count). The first kappa shape index (κ1) is 11.2. The molecular weight excluding hydrogens is 249 g/mol. The third-order valence-electron chi connectivity index (χ3n) is 2.21. The van der Waals surface area contributed by atoms with Crippen molar-refractivity contribution in [1.29, 1.82) is 0 Å². The number of nitrogens with one attached hydrogen (secondary N) is 1. The maximum absolute atomic E-state index is 5.97. The zero-order valence-corrected chi connectivity index (χ0v) is 10.4. The van der Waals surface area contributed by atoms with Gasteiger partial charge in [-0.15, -0.1) is 11.6 Å². The Morgan fingerprint density at radius 2 is 2.20 bits per heavy atom. The predicted molar refractivity (Wildman–Crippen MR) is 70.2 cm³/mol. The van der Waals surface area contributed by atoms with Crippen LogP contribution in [-0.4, -0.2) is 16.6 Å². The lowest BCUT2D eigenvalue weighted by Crippen LogP contribution is -1.82. The number of hydrogen-bond donors (Lipinski definition) is 1. The molecule has 80 valence electrons. The van der Waals surface area contributed by atoms with Crippen LogP contribution in [0.4, 0.5) is 0 Å². The van der Waals surface area contributed by atoms with Crippen LogP contribution in [0.3, 0.4) is 0 Å². The van der Waals surface area contributed by atoms with Gasteiger partial charge in [0, 0.05) is 39.5 Å². The van der Waals surface area contributed by atoms with Crippen molar-refractivity contribution in [2.45, 2.75) is 5.75 Å². The van der Waals surface area contributed by atoms with Crippen molar-refractivity contribution in [1.82, 2.24) is 4.98 Å². The Balaban J connectivity index is 2.23. The van der Waals surface area contributed by atoms with Crippen molar-refractivity contribution < 1.29 is 0 Å². The molecule has 0 spiro atoms. The summed E-state index contributed by atoms with van der Waals surface area (Å²) in [5.74, 6) is 2.66. The Labute approximate surface area is 103 Å². The van der Waals surface area contributed by atoms with Crippen LogP contribution in [0.15, 0.2) is 24.4 Å². The van der Waals surface area contributed by atoms with E-state index in [2.05, 4.69) is 4.98 Å². The highest BCUT2D eigenvalue weighted by molar-refractivity contribution is 7.98. The quantitative estimate of drug-likeness (QED) is 0.640. The first-order valence-electron chi connectivity index (χ1n) is 4.70. The minimum absolute atomic E-state index is 0.702. The van der Waals surface area contributed by atoms with Gasteiger partial charge in [-0.25, -0.2) is 0 Å². The van der Waals surface area contributed by atoms with Gasteiger partial charge < -0.3 is 4.98 Å². The molecular formula is C11H11Cl2NS. The van der Waals surface area contributed by atoms with Crippen molar-refractivity contribution in [3.05, 3.63) is 35.0 Å². The van der Waals surface area contributed by atoms with Gasteiger partial charge >= 0.3 is 0 Å². The summed E-state index contributed by atoms with van der Waals surface area (Å²) in [6.45, 7) is 0. The normalized spacial score (nSPS) is 11.1. The number of fused-ring (bicyclic) bond motifs is 1. The number of alkyl halides is 1. The van der Waals surface area contributed by atoms with Gasteiger partial charge in [-0.3, -0.25) is 0 Å². The fourth-order valence-corrected chi connectivity index (χ4v) is 2.72. The van der Waals surface area contributed by atoms with E-state index in [0.717, 1.165) is 22.0 Å². The van der Waals surface area contributed by atoms with E-state index in [4.69, 9.17) is 23.2 Å². The minimum Gasteiger partial charge on any atom is -0.361 e.